The first kappa shape index (κ1) is 19.4. The molecule has 1 aliphatic rings. The van der Waals surface area contributed by atoms with Gasteiger partial charge in [-0.3, -0.25) is 9.52 Å². The number of anilines is 2. The van der Waals surface area contributed by atoms with Crippen molar-refractivity contribution in [3.8, 4) is 0 Å². The summed E-state index contributed by atoms with van der Waals surface area (Å²) in [6.45, 7) is 3.85. The molecule has 0 radical (unpaired) electrons. The van der Waals surface area contributed by atoms with E-state index in [0.29, 0.717) is 23.7 Å². The third-order valence-corrected chi connectivity index (χ3v) is 6.27. The Morgan fingerprint density at radius 1 is 0.963 bits per heavy atom. The maximum absolute atomic E-state index is 12.6. The van der Waals surface area contributed by atoms with E-state index in [4.69, 9.17) is 0 Å². The molecule has 5 nitrogen and oxygen atoms in total. The van der Waals surface area contributed by atoms with Crippen molar-refractivity contribution in [1.82, 2.24) is 0 Å². The van der Waals surface area contributed by atoms with Crippen molar-refractivity contribution in [3.63, 3.8) is 0 Å². The Balaban J connectivity index is 1.65. The number of carbonyl (C=O) groups excluding carboxylic acids is 1. The number of benzene rings is 2. The summed E-state index contributed by atoms with van der Waals surface area (Å²) in [6.07, 6.45) is 5.19. The lowest BCUT2D eigenvalue weighted by Gasteiger charge is -2.12. The molecule has 0 aliphatic heterocycles. The summed E-state index contributed by atoms with van der Waals surface area (Å²) in [5.74, 6) is 0.470. The fraction of sp³-hybridized carbons (Fsp3) is 0.381. The van der Waals surface area contributed by atoms with E-state index < -0.39 is 10.0 Å². The van der Waals surface area contributed by atoms with Crippen molar-refractivity contribution in [2.24, 2.45) is 5.92 Å². The first-order valence-corrected chi connectivity index (χ1v) is 10.8. The minimum absolute atomic E-state index is 0.00846. The van der Waals surface area contributed by atoms with Gasteiger partial charge in [-0.1, -0.05) is 18.9 Å². The largest absolute Gasteiger partial charge is 0.326 e. The molecule has 1 aliphatic carbocycles. The molecule has 3 rings (SSSR count). The standard InChI is InChI=1S/C21H26N2O3S/c1-15-11-16(2)13-19(12-15)23-27(25,26)20-9-7-18(8-10-20)22-21(24)14-17-5-3-4-6-17/h7-13,17,23H,3-6,14H2,1-2H3,(H,22,24). The van der Waals surface area contributed by atoms with Gasteiger partial charge in [-0.2, -0.15) is 0 Å². The van der Waals surface area contributed by atoms with E-state index in [1.54, 1.807) is 24.3 Å². The van der Waals surface area contributed by atoms with Gasteiger partial charge >= 0.3 is 0 Å². The molecular weight excluding hydrogens is 360 g/mol. The average molecular weight is 387 g/mol. The van der Waals surface area contributed by atoms with Crippen LogP contribution in [0.15, 0.2) is 47.4 Å². The summed E-state index contributed by atoms with van der Waals surface area (Å²) in [6, 6.07) is 11.8. The zero-order chi connectivity index (χ0) is 19.4. The average Bonchev–Trinajstić information content (AvgIpc) is 3.06. The number of aryl methyl sites for hydroxylation is 2. The summed E-state index contributed by atoms with van der Waals surface area (Å²) in [7, 11) is -3.67. The minimum atomic E-state index is -3.67. The lowest BCUT2D eigenvalue weighted by molar-refractivity contribution is -0.117. The van der Waals surface area contributed by atoms with Crippen LogP contribution in [0.5, 0.6) is 0 Å². The second-order valence-electron chi connectivity index (χ2n) is 7.41. The number of hydrogen-bond donors (Lipinski definition) is 2. The summed E-state index contributed by atoms with van der Waals surface area (Å²) in [4.78, 5) is 12.3. The predicted molar refractivity (Wildman–Crippen MR) is 108 cm³/mol. The Bertz CT molecular complexity index is 895. The Hall–Kier alpha value is -2.34. The molecular formula is C21H26N2O3S. The molecule has 0 spiro atoms. The summed E-state index contributed by atoms with van der Waals surface area (Å²) < 4.78 is 27.8. The number of nitrogens with one attached hydrogen (secondary N) is 2. The van der Waals surface area contributed by atoms with Crippen molar-refractivity contribution < 1.29 is 13.2 Å². The van der Waals surface area contributed by atoms with Gasteiger partial charge in [0.15, 0.2) is 0 Å². The van der Waals surface area contributed by atoms with Crippen LogP contribution in [0.1, 0.15) is 43.2 Å². The van der Waals surface area contributed by atoms with Crippen molar-refractivity contribution in [1.29, 1.82) is 0 Å². The molecule has 1 saturated carbocycles. The van der Waals surface area contributed by atoms with Gasteiger partial charge in [-0.05, 0) is 80.1 Å². The van der Waals surface area contributed by atoms with Crippen LogP contribution < -0.4 is 10.0 Å². The molecule has 0 saturated heterocycles. The van der Waals surface area contributed by atoms with Crippen LogP contribution >= 0.6 is 0 Å². The molecule has 2 aromatic rings. The zero-order valence-electron chi connectivity index (χ0n) is 15.8. The topological polar surface area (TPSA) is 75.3 Å². The first-order chi connectivity index (χ1) is 12.8. The smallest absolute Gasteiger partial charge is 0.261 e. The lowest BCUT2D eigenvalue weighted by atomic mass is 10.0. The number of amides is 1. The fourth-order valence-corrected chi connectivity index (χ4v) is 4.69. The lowest BCUT2D eigenvalue weighted by Crippen LogP contribution is -2.16. The van der Waals surface area contributed by atoms with E-state index in [1.165, 1.54) is 25.0 Å². The molecule has 1 amide bonds. The van der Waals surface area contributed by atoms with Crippen LogP contribution in [0.3, 0.4) is 0 Å². The van der Waals surface area contributed by atoms with Crippen molar-refractivity contribution in [3.05, 3.63) is 53.6 Å². The highest BCUT2D eigenvalue weighted by Crippen LogP contribution is 2.28. The summed E-state index contributed by atoms with van der Waals surface area (Å²) in [5, 5.41) is 2.86. The van der Waals surface area contributed by atoms with Crippen LogP contribution in [-0.2, 0) is 14.8 Å². The van der Waals surface area contributed by atoms with Gasteiger partial charge in [-0.15, -0.1) is 0 Å². The Kier molecular flexibility index (Phi) is 5.85. The molecule has 0 heterocycles. The van der Waals surface area contributed by atoms with Crippen molar-refractivity contribution in [2.45, 2.75) is 50.8 Å². The number of hydrogen-bond acceptors (Lipinski definition) is 3. The second-order valence-corrected chi connectivity index (χ2v) is 9.09. The van der Waals surface area contributed by atoms with Crippen LogP contribution in [-0.4, -0.2) is 14.3 Å². The van der Waals surface area contributed by atoms with E-state index in [2.05, 4.69) is 10.0 Å². The van der Waals surface area contributed by atoms with E-state index >= 15 is 0 Å². The van der Waals surface area contributed by atoms with E-state index in [9.17, 15) is 13.2 Å². The maximum Gasteiger partial charge on any atom is 0.261 e. The van der Waals surface area contributed by atoms with Crippen LogP contribution in [0, 0.1) is 19.8 Å². The highest BCUT2D eigenvalue weighted by atomic mass is 32.2. The summed E-state index contributed by atoms with van der Waals surface area (Å²) >= 11 is 0. The Labute approximate surface area is 161 Å². The molecule has 0 unspecified atom stereocenters. The van der Waals surface area contributed by atoms with Crippen LogP contribution in [0.2, 0.25) is 0 Å². The number of rotatable bonds is 6. The van der Waals surface area contributed by atoms with Gasteiger partial charge in [0, 0.05) is 17.8 Å². The molecule has 6 heteroatoms. The van der Waals surface area contributed by atoms with Crippen LogP contribution in [0.4, 0.5) is 11.4 Å². The van der Waals surface area contributed by atoms with E-state index in [1.807, 2.05) is 19.9 Å². The SMILES string of the molecule is Cc1cc(C)cc(NS(=O)(=O)c2ccc(NC(=O)CC3CCCC3)cc2)c1. The van der Waals surface area contributed by atoms with Gasteiger partial charge < -0.3 is 5.32 Å². The van der Waals surface area contributed by atoms with Gasteiger partial charge in [-0.25, -0.2) is 8.42 Å². The molecule has 2 N–H and O–H groups in total. The monoisotopic (exact) mass is 386 g/mol. The molecule has 1 fully saturated rings. The second kappa shape index (κ2) is 8.13. The minimum Gasteiger partial charge on any atom is -0.326 e. The van der Waals surface area contributed by atoms with Gasteiger partial charge in [0.2, 0.25) is 5.91 Å². The first-order valence-electron chi connectivity index (χ1n) is 9.33. The molecule has 2 aromatic carbocycles. The Morgan fingerprint density at radius 2 is 1.56 bits per heavy atom. The molecule has 27 heavy (non-hydrogen) atoms. The normalized spacial score (nSPS) is 14.9. The maximum atomic E-state index is 12.6. The molecule has 0 bridgehead atoms. The third kappa shape index (κ3) is 5.32. The van der Waals surface area contributed by atoms with E-state index in [-0.39, 0.29) is 10.8 Å². The number of sulfonamides is 1. The Morgan fingerprint density at radius 3 is 2.15 bits per heavy atom. The summed E-state index contributed by atoms with van der Waals surface area (Å²) in [5.41, 5.74) is 3.14. The fourth-order valence-electron chi connectivity index (χ4n) is 3.65. The van der Waals surface area contributed by atoms with Gasteiger partial charge in [0.05, 0.1) is 4.90 Å². The van der Waals surface area contributed by atoms with Gasteiger partial charge in [0.25, 0.3) is 10.0 Å². The molecule has 0 atom stereocenters. The van der Waals surface area contributed by atoms with Crippen molar-refractivity contribution in [2.75, 3.05) is 10.0 Å². The zero-order valence-corrected chi connectivity index (χ0v) is 16.6. The highest BCUT2D eigenvalue weighted by Gasteiger charge is 2.19. The highest BCUT2D eigenvalue weighted by molar-refractivity contribution is 7.92. The van der Waals surface area contributed by atoms with Crippen molar-refractivity contribution >= 4 is 27.3 Å². The molecule has 144 valence electrons. The number of carbonyl (C=O) groups is 1. The van der Waals surface area contributed by atoms with Crippen LogP contribution in [0.25, 0.3) is 0 Å². The third-order valence-electron chi connectivity index (χ3n) is 4.87. The quantitative estimate of drug-likeness (QED) is 0.760. The van der Waals surface area contributed by atoms with E-state index in [0.717, 1.165) is 24.0 Å². The molecule has 0 aromatic heterocycles. The predicted octanol–water partition coefficient (Wildman–Crippen LogP) is 4.62. The van der Waals surface area contributed by atoms with Gasteiger partial charge in [0.1, 0.15) is 0 Å².